The number of nitrogens with one attached hydrogen (secondary N) is 1. The molecular weight excluding hydrogens is 282 g/mol. The lowest BCUT2D eigenvalue weighted by molar-refractivity contribution is 0.1000. The number of anilines is 1. The maximum absolute atomic E-state index is 12.3. The molecule has 1 aliphatic heterocycles. The zero-order valence-corrected chi connectivity index (χ0v) is 11.9. The first-order valence-corrected chi connectivity index (χ1v) is 7.53. The SMILES string of the molecule is CC1(NS(=O)(=O)c2ccc(C(N)=O)cc2N)CCOC1. The van der Waals surface area contributed by atoms with Gasteiger partial charge in [-0.15, -0.1) is 0 Å². The molecule has 1 fully saturated rings. The van der Waals surface area contributed by atoms with Gasteiger partial charge in [0.15, 0.2) is 0 Å². The highest BCUT2D eigenvalue weighted by Crippen LogP contribution is 2.24. The summed E-state index contributed by atoms with van der Waals surface area (Å²) >= 11 is 0. The highest BCUT2D eigenvalue weighted by atomic mass is 32.2. The molecule has 110 valence electrons. The number of primary amides is 1. The molecule has 0 saturated carbocycles. The Kier molecular flexibility index (Phi) is 3.72. The third-order valence-electron chi connectivity index (χ3n) is 3.18. The number of rotatable bonds is 4. The Labute approximate surface area is 117 Å². The van der Waals surface area contributed by atoms with Gasteiger partial charge in [-0.05, 0) is 31.5 Å². The normalized spacial score (nSPS) is 22.9. The van der Waals surface area contributed by atoms with Gasteiger partial charge >= 0.3 is 0 Å². The lowest BCUT2D eigenvalue weighted by Gasteiger charge is -2.23. The number of hydrogen-bond acceptors (Lipinski definition) is 5. The summed E-state index contributed by atoms with van der Waals surface area (Å²) in [7, 11) is -3.78. The number of carbonyl (C=O) groups excluding carboxylic acids is 1. The molecule has 7 nitrogen and oxygen atoms in total. The Morgan fingerprint density at radius 1 is 1.45 bits per heavy atom. The Bertz CT molecular complexity index is 636. The van der Waals surface area contributed by atoms with E-state index in [0.29, 0.717) is 19.6 Å². The first kappa shape index (κ1) is 14.8. The standard InChI is InChI=1S/C12H17N3O4S/c1-12(4-5-19-7-12)15-20(17,18)10-3-2-8(11(14)16)6-9(10)13/h2-3,6,15H,4-5,7,13H2,1H3,(H2,14,16). The Morgan fingerprint density at radius 2 is 2.15 bits per heavy atom. The van der Waals surface area contributed by atoms with Gasteiger partial charge < -0.3 is 16.2 Å². The lowest BCUT2D eigenvalue weighted by atomic mass is 10.0. The molecule has 1 aromatic carbocycles. The van der Waals surface area contributed by atoms with E-state index in [1.807, 2.05) is 0 Å². The number of hydrogen-bond donors (Lipinski definition) is 3. The quantitative estimate of drug-likeness (QED) is 0.665. The Hall–Kier alpha value is -1.64. The van der Waals surface area contributed by atoms with Gasteiger partial charge in [-0.3, -0.25) is 4.79 Å². The molecular formula is C12H17N3O4S. The number of benzene rings is 1. The second-order valence-corrected chi connectivity index (χ2v) is 6.74. The minimum Gasteiger partial charge on any atom is -0.398 e. The summed E-state index contributed by atoms with van der Waals surface area (Å²) in [6, 6.07) is 3.86. The fourth-order valence-electron chi connectivity index (χ4n) is 2.07. The third kappa shape index (κ3) is 2.92. The average Bonchev–Trinajstić information content (AvgIpc) is 2.74. The molecule has 2 rings (SSSR count). The van der Waals surface area contributed by atoms with Crippen molar-refractivity contribution >= 4 is 21.6 Å². The first-order valence-electron chi connectivity index (χ1n) is 6.05. The molecule has 1 atom stereocenters. The second kappa shape index (κ2) is 5.04. The monoisotopic (exact) mass is 299 g/mol. The van der Waals surface area contributed by atoms with Crippen molar-refractivity contribution in [3.8, 4) is 0 Å². The second-order valence-electron chi connectivity index (χ2n) is 5.09. The summed E-state index contributed by atoms with van der Waals surface area (Å²) in [4.78, 5) is 11.0. The van der Waals surface area contributed by atoms with E-state index < -0.39 is 21.5 Å². The van der Waals surface area contributed by atoms with Gasteiger partial charge in [0.2, 0.25) is 15.9 Å². The molecule has 5 N–H and O–H groups in total. The van der Waals surface area contributed by atoms with E-state index >= 15 is 0 Å². The van der Waals surface area contributed by atoms with Gasteiger partial charge in [0.1, 0.15) is 4.90 Å². The van der Waals surface area contributed by atoms with E-state index in [9.17, 15) is 13.2 Å². The predicted octanol–water partition coefficient (Wildman–Crippen LogP) is -0.175. The molecule has 8 heteroatoms. The number of nitrogen functional groups attached to an aromatic ring is 1. The van der Waals surface area contributed by atoms with E-state index in [0.717, 1.165) is 0 Å². The minimum atomic E-state index is -3.78. The zero-order valence-electron chi connectivity index (χ0n) is 11.0. The third-order valence-corrected chi connectivity index (χ3v) is 4.90. The van der Waals surface area contributed by atoms with Crippen molar-refractivity contribution in [2.45, 2.75) is 23.8 Å². The molecule has 20 heavy (non-hydrogen) atoms. The van der Waals surface area contributed by atoms with Crippen LogP contribution in [0.1, 0.15) is 23.7 Å². The molecule has 1 unspecified atom stereocenters. The van der Waals surface area contributed by atoms with Crippen LogP contribution in [-0.2, 0) is 14.8 Å². The van der Waals surface area contributed by atoms with Gasteiger partial charge in [-0.2, -0.15) is 0 Å². The van der Waals surface area contributed by atoms with Crippen molar-refractivity contribution < 1.29 is 17.9 Å². The highest BCUT2D eigenvalue weighted by molar-refractivity contribution is 7.89. The van der Waals surface area contributed by atoms with Crippen LogP contribution in [0.2, 0.25) is 0 Å². The van der Waals surface area contributed by atoms with Crippen molar-refractivity contribution in [2.75, 3.05) is 18.9 Å². The van der Waals surface area contributed by atoms with Gasteiger partial charge in [0.25, 0.3) is 0 Å². The summed E-state index contributed by atoms with van der Waals surface area (Å²) in [6.07, 6.45) is 0.589. The topological polar surface area (TPSA) is 125 Å². The maximum Gasteiger partial charge on any atom is 0.248 e. The molecule has 1 heterocycles. The van der Waals surface area contributed by atoms with E-state index in [4.69, 9.17) is 16.2 Å². The Morgan fingerprint density at radius 3 is 2.65 bits per heavy atom. The number of nitrogens with two attached hydrogens (primary N) is 2. The summed E-state index contributed by atoms with van der Waals surface area (Å²) in [6.45, 7) is 2.59. The molecule has 1 aliphatic rings. The van der Waals surface area contributed by atoms with Crippen LogP contribution in [0.4, 0.5) is 5.69 Å². The highest BCUT2D eigenvalue weighted by Gasteiger charge is 2.35. The van der Waals surface area contributed by atoms with Crippen LogP contribution in [0.3, 0.4) is 0 Å². The van der Waals surface area contributed by atoms with Crippen LogP contribution < -0.4 is 16.2 Å². The fraction of sp³-hybridized carbons (Fsp3) is 0.417. The lowest BCUT2D eigenvalue weighted by Crippen LogP contribution is -2.46. The summed E-state index contributed by atoms with van der Waals surface area (Å²) in [5.41, 5.74) is 10.3. The predicted molar refractivity (Wildman–Crippen MR) is 73.5 cm³/mol. The molecule has 0 bridgehead atoms. The van der Waals surface area contributed by atoms with E-state index in [1.165, 1.54) is 18.2 Å². The summed E-state index contributed by atoms with van der Waals surface area (Å²) in [5.74, 6) is -0.662. The molecule has 1 amide bonds. The Balaban J connectivity index is 2.32. The number of sulfonamides is 1. The van der Waals surface area contributed by atoms with Crippen molar-refractivity contribution in [3.05, 3.63) is 23.8 Å². The maximum atomic E-state index is 12.3. The minimum absolute atomic E-state index is 0.0173. The molecule has 0 aromatic heterocycles. The smallest absolute Gasteiger partial charge is 0.248 e. The van der Waals surface area contributed by atoms with Crippen molar-refractivity contribution in [3.63, 3.8) is 0 Å². The fourth-order valence-corrected chi connectivity index (χ4v) is 3.61. The number of carbonyl (C=O) groups is 1. The molecule has 0 aliphatic carbocycles. The number of amides is 1. The van der Waals surface area contributed by atoms with E-state index in [-0.39, 0.29) is 16.1 Å². The van der Waals surface area contributed by atoms with Crippen molar-refractivity contribution in [1.29, 1.82) is 0 Å². The van der Waals surface area contributed by atoms with Crippen LogP contribution in [0.5, 0.6) is 0 Å². The van der Waals surface area contributed by atoms with Crippen LogP contribution in [-0.4, -0.2) is 33.1 Å². The van der Waals surface area contributed by atoms with Gasteiger partial charge in [0, 0.05) is 12.2 Å². The van der Waals surface area contributed by atoms with Crippen molar-refractivity contribution in [1.82, 2.24) is 4.72 Å². The molecule has 0 radical (unpaired) electrons. The van der Waals surface area contributed by atoms with Gasteiger partial charge in [-0.1, -0.05) is 0 Å². The van der Waals surface area contributed by atoms with E-state index in [2.05, 4.69) is 4.72 Å². The van der Waals surface area contributed by atoms with Crippen LogP contribution in [0, 0.1) is 0 Å². The van der Waals surface area contributed by atoms with Crippen LogP contribution in [0.15, 0.2) is 23.1 Å². The largest absolute Gasteiger partial charge is 0.398 e. The molecule has 1 aromatic rings. The first-order chi connectivity index (χ1) is 9.23. The zero-order chi connectivity index (χ0) is 15.0. The van der Waals surface area contributed by atoms with Crippen LogP contribution >= 0.6 is 0 Å². The van der Waals surface area contributed by atoms with E-state index in [1.54, 1.807) is 6.92 Å². The molecule has 1 saturated heterocycles. The van der Waals surface area contributed by atoms with Gasteiger partial charge in [0.05, 0.1) is 17.8 Å². The summed E-state index contributed by atoms with van der Waals surface area (Å²) < 4.78 is 32.5. The summed E-state index contributed by atoms with van der Waals surface area (Å²) in [5, 5.41) is 0. The van der Waals surface area contributed by atoms with Gasteiger partial charge in [-0.25, -0.2) is 13.1 Å². The van der Waals surface area contributed by atoms with Crippen molar-refractivity contribution in [2.24, 2.45) is 5.73 Å². The van der Waals surface area contributed by atoms with Crippen LogP contribution in [0.25, 0.3) is 0 Å². The average molecular weight is 299 g/mol. The molecule has 0 spiro atoms. The number of ether oxygens (including phenoxy) is 1.